The van der Waals surface area contributed by atoms with Crippen molar-refractivity contribution >= 4 is 17.6 Å². The molecule has 1 heterocycles. The van der Waals surface area contributed by atoms with E-state index in [9.17, 15) is 9.59 Å². The van der Waals surface area contributed by atoms with Crippen LogP contribution in [0.15, 0.2) is 24.3 Å². The number of hydrogen-bond acceptors (Lipinski definition) is 4. The molecule has 114 valence electrons. The minimum atomic E-state index is -0.407. The molecule has 0 bridgehead atoms. The van der Waals surface area contributed by atoms with Crippen LogP contribution < -0.4 is 5.32 Å². The molecule has 1 saturated heterocycles. The number of amides is 1. The number of nitrogens with zero attached hydrogens (tertiary/aromatic N) is 1. The van der Waals surface area contributed by atoms with Crippen molar-refractivity contribution in [3.8, 4) is 0 Å². The quantitative estimate of drug-likeness (QED) is 0.863. The highest BCUT2D eigenvalue weighted by Crippen LogP contribution is 2.16. The lowest BCUT2D eigenvalue weighted by atomic mass is 10.0. The van der Waals surface area contributed by atoms with Crippen molar-refractivity contribution in [1.29, 1.82) is 0 Å². The van der Waals surface area contributed by atoms with E-state index in [1.807, 2.05) is 0 Å². The summed E-state index contributed by atoms with van der Waals surface area (Å²) in [7, 11) is 1.34. The number of likely N-dealkylation sites (tertiary alicyclic amines) is 1. The number of rotatable bonds is 4. The first-order valence-corrected chi connectivity index (χ1v) is 7.29. The van der Waals surface area contributed by atoms with Crippen LogP contribution in [0.2, 0.25) is 0 Å². The molecule has 0 spiro atoms. The van der Waals surface area contributed by atoms with E-state index in [-0.39, 0.29) is 5.91 Å². The van der Waals surface area contributed by atoms with Gasteiger partial charge in [-0.3, -0.25) is 9.69 Å². The first-order valence-electron chi connectivity index (χ1n) is 7.29. The average molecular weight is 290 g/mol. The molecule has 0 aliphatic carbocycles. The van der Waals surface area contributed by atoms with Gasteiger partial charge >= 0.3 is 5.97 Å². The summed E-state index contributed by atoms with van der Waals surface area (Å²) in [4.78, 5) is 25.7. The summed E-state index contributed by atoms with van der Waals surface area (Å²) in [5, 5.41) is 2.84. The third kappa shape index (κ3) is 4.56. The van der Waals surface area contributed by atoms with Crippen LogP contribution in [0.25, 0.3) is 0 Å². The predicted molar refractivity (Wildman–Crippen MR) is 81.2 cm³/mol. The minimum absolute atomic E-state index is 0.0499. The summed E-state index contributed by atoms with van der Waals surface area (Å²) in [6, 6.07) is 6.78. The molecule has 21 heavy (non-hydrogen) atoms. The van der Waals surface area contributed by atoms with Crippen LogP contribution in [0.1, 0.15) is 30.1 Å². The number of ether oxygens (including phenoxy) is 1. The molecule has 5 heteroatoms. The molecule has 0 radical (unpaired) electrons. The Kier molecular flexibility index (Phi) is 5.33. The van der Waals surface area contributed by atoms with E-state index in [0.717, 1.165) is 19.5 Å². The number of carbonyl (C=O) groups excluding carboxylic acids is 2. The van der Waals surface area contributed by atoms with Gasteiger partial charge in [-0.05, 0) is 43.5 Å². The van der Waals surface area contributed by atoms with Gasteiger partial charge in [-0.25, -0.2) is 4.79 Å². The predicted octanol–water partition coefficient (Wildman–Crippen LogP) is 2.14. The van der Waals surface area contributed by atoms with Crippen LogP contribution in [0.3, 0.4) is 0 Å². The molecule has 1 aromatic carbocycles. The largest absolute Gasteiger partial charge is 0.465 e. The Bertz CT molecular complexity index is 516. The van der Waals surface area contributed by atoms with Crippen molar-refractivity contribution in [2.75, 3.05) is 32.1 Å². The van der Waals surface area contributed by atoms with Crippen LogP contribution in [-0.2, 0) is 9.53 Å². The van der Waals surface area contributed by atoms with E-state index < -0.39 is 5.97 Å². The van der Waals surface area contributed by atoms with E-state index in [4.69, 9.17) is 0 Å². The maximum absolute atomic E-state index is 12.1. The van der Waals surface area contributed by atoms with Gasteiger partial charge in [0.15, 0.2) is 0 Å². The fraction of sp³-hybridized carbons (Fsp3) is 0.500. The zero-order chi connectivity index (χ0) is 15.2. The summed E-state index contributed by atoms with van der Waals surface area (Å²) < 4.78 is 4.67. The lowest BCUT2D eigenvalue weighted by Gasteiger charge is -2.30. The van der Waals surface area contributed by atoms with Crippen LogP contribution in [0, 0.1) is 5.92 Å². The highest BCUT2D eigenvalue weighted by Gasteiger charge is 2.18. The first kappa shape index (κ1) is 15.5. The summed E-state index contributed by atoms with van der Waals surface area (Å²) in [5.41, 5.74) is 1.05. The smallest absolute Gasteiger partial charge is 0.337 e. The number of piperidine rings is 1. The van der Waals surface area contributed by atoms with Crippen molar-refractivity contribution in [2.45, 2.75) is 19.8 Å². The van der Waals surface area contributed by atoms with Crippen molar-refractivity contribution < 1.29 is 14.3 Å². The molecule has 1 N–H and O–H groups in total. The van der Waals surface area contributed by atoms with E-state index in [0.29, 0.717) is 23.7 Å². The lowest BCUT2D eigenvalue weighted by molar-refractivity contribution is -0.117. The molecule has 1 amide bonds. The summed E-state index contributed by atoms with van der Waals surface area (Å²) in [5.74, 6) is 0.191. The fourth-order valence-corrected chi connectivity index (χ4v) is 2.68. The normalized spacial score (nSPS) is 19.0. The number of nitrogens with one attached hydrogen (secondary N) is 1. The van der Waals surface area contributed by atoms with Crippen molar-refractivity contribution in [1.82, 2.24) is 4.90 Å². The van der Waals surface area contributed by atoms with E-state index in [1.165, 1.54) is 13.5 Å². The topological polar surface area (TPSA) is 58.6 Å². The Morgan fingerprint density at radius 2 is 2.24 bits per heavy atom. The Hall–Kier alpha value is -1.88. The summed E-state index contributed by atoms with van der Waals surface area (Å²) in [6.45, 7) is 4.55. The van der Waals surface area contributed by atoms with Gasteiger partial charge in [-0.2, -0.15) is 0 Å². The van der Waals surface area contributed by atoms with Gasteiger partial charge in [0.05, 0.1) is 19.2 Å². The number of carbonyl (C=O) groups is 2. The summed E-state index contributed by atoms with van der Waals surface area (Å²) in [6.07, 6.45) is 2.38. The second-order valence-corrected chi connectivity index (χ2v) is 5.60. The van der Waals surface area contributed by atoms with Gasteiger partial charge in [0.2, 0.25) is 5.91 Å². The first-order chi connectivity index (χ1) is 10.1. The van der Waals surface area contributed by atoms with Gasteiger partial charge in [-0.1, -0.05) is 13.0 Å². The molecule has 5 nitrogen and oxygen atoms in total. The van der Waals surface area contributed by atoms with E-state index in [2.05, 4.69) is 21.9 Å². The fourth-order valence-electron chi connectivity index (χ4n) is 2.68. The van der Waals surface area contributed by atoms with Crippen LogP contribution in [0.4, 0.5) is 5.69 Å². The van der Waals surface area contributed by atoms with Crippen LogP contribution in [0.5, 0.6) is 0 Å². The van der Waals surface area contributed by atoms with E-state index in [1.54, 1.807) is 24.3 Å². The van der Waals surface area contributed by atoms with E-state index >= 15 is 0 Å². The number of anilines is 1. The second-order valence-electron chi connectivity index (χ2n) is 5.60. The Labute approximate surface area is 125 Å². The Morgan fingerprint density at radius 1 is 1.43 bits per heavy atom. The molecule has 1 atom stereocenters. The summed E-state index contributed by atoms with van der Waals surface area (Å²) >= 11 is 0. The number of hydrogen-bond donors (Lipinski definition) is 1. The number of methoxy groups -OCH3 is 1. The van der Waals surface area contributed by atoms with Crippen LogP contribution >= 0.6 is 0 Å². The zero-order valence-corrected chi connectivity index (χ0v) is 12.6. The lowest BCUT2D eigenvalue weighted by Crippen LogP contribution is -2.39. The highest BCUT2D eigenvalue weighted by molar-refractivity contribution is 5.95. The van der Waals surface area contributed by atoms with Crippen molar-refractivity contribution in [2.24, 2.45) is 5.92 Å². The third-order valence-electron chi connectivity index (χ3n) is 3.68. The Balaban J connectivity index is 1.91. The molecule has 1 fully saturated rings. The molecule has 1 aromatic rings. The molecule has 0 unspecified atom stereocenters. The van der Waals surface area contributed by atoms with Gasteiger partial charge < -0.3 is 10.1 Å². The molecule has 1 aliphatic rings. The Morgan fingerprint density at radius 3 is 2.95 bits per heavy atom. The highest BCUT2D eigenvalue weighted by atomic mass is 16.5. The standard InChI is InChI=1S/C16H22N2O3/c1-12-5-4-8-18(10-12)11-15(19)17-14-7-3-6-13(9-14)16(20)21-2/h3,6-7,9,12H,4-5,8,10-11H2,1-2H3,(H,17,19)/t12-/m0/s1. The number of esters is 1. The SMILES string of the molecule is COC(=O)c1cccc(NC(=O)CN2CCC[C@H](C)C2)c1. The molecule has 0 saturated carbocycles. The molecular formula is C16H22N2O3. The molecule has 0 aromatic heterocycles. The van der Waals surface area contributed by atoms with Gasteiger partial charge in [-0.15, -0.1) is 0 Å². The maximum atomic E-state index is 12.1. The molecule has 2 rings (SSSR count). The van der Waals surface area contributed by atoms with Gasteiger partial charge in [0, 0.05) is 12.2 Å². The zero-order valence-electron chi connectivity index (χ0n) is 12.6. The average Bonchev–Trinajstić information content (AvgIpc) is 2.46. The van der Waals surface area contributed by atoms with Gasteiger partial charge in [0.1, 0.15) is 0 Å². The maximum Gasteiger partial charge on any atom is 0.337 e. The third-order valence-corrected chi connectivity index (χ3v) is 3.68. The number of benzene rings is 1. The van der Waals surface area contributed by atoms with Crippen molar-refractivity contribution in [3.05, 3.63) is 29.8 Å². The minimum Gasteiger partial charge on any atom is -0.465 e. The van der Waals surface area contributed by atoms with Crippen LogP contribution in [-0.4, -0.2) is 43.5 Å². The second kappa shape index (κ2) is 7.22. The molecule has 1 aliphatic heterocycles. The van der Waals surface area contributed by atoms with Crippen molar-refractivity contribution in [3.63, 3.8) is 0 Å². The monoisotopic (exact) mass is 290 g/mol. The van der Waals surface area contributed by atoms with Gasteiger partial charge in [0.25, 0.3) is 0 Å². The molecular weight excluding hydrogens is 268 g/mol.